The summed E-state index contributed by atoms with van der Waals surface area (Å²) in [4.78, 5) is 14.4. The highest BCUT2D eigenvalue weighted by molar-refractivity contribution is 6.39. The van der Waals surface area contributed by atoms with E-state index >= 15 is 0 Å². The normalized spacial score (nSPS) is 10.7. The molecule has 24 heavy (non-hydrogen) atoms. The van der Waals surface area contributed by atoms with Crippen molar-refractivity contribution in [3.05, 3.63) is 52.3 Å². The molecule has 0 aliphatic rings. The minimum atomic E-state index is -0.248. The summed E-state index contributed by atoms with van der Waals surface area (Å²) in [6.07, 6.45) is 2.69. The van der Waals surface area contributed by atoms with Crippen LogP contribution in [0, 0.1) is 0 Å². The lowest BCUT2D eigenvalue weighted by Crippen LogP contribution is -2.36. The fourth-order valence-corrected chi connectivity index (χ4v) is 2.80. The van der Waals surface area contributed by atoms with Crippen LogP contribution in [0.5, 0.6) is 0 Å². The third-order valence-corrected chi connectivity index (χ3v) is 4.29. The molecule has 1 aromatic carbocycles. The largest absolute Gasteiger partial charge is 0.385 e. The average Bonchev–Trinajstić information content (AvgIpc) is 2.95. The lowest BCUT2D eigenvalue weighted by molar-refractivity contribution is 0.171. The number of aryl methyl sites for hydroxylation is 1. The number of hydrogen-bond acceptors (Lipinski definition) is 2. The molecule has 1 heterocycles. The van der Waals surface area contributed by atoms with Gasteiger partial charge in [-0.15, -0.1) is 0 Å². The van der Waals surface area contributed by atoms with Gasteiger partial charge in [0.05, 0.1) is 22.3 Å². The molecule has 2 rings (SSSR count). The van der Waals surface area contributed by atoms with Crippen molar-refractivity contribution in [1.29, 1.82) is 0 Å². The number of halogens is 2. The predicted molar refractivity (Wildman–Crippen MR) is 97.8 cm³/mol. The average molecular weight is 370 g/mol. The first kappa shape index (κ1) is 18.6. The Bertz CT molecular complexity index is 668. The topological polar surface area (TPSA) is 46.5 Å². The van der Waals surface area contributed by atoms with E-state index in [2.05, 4.69) is 5.32 Å². The van der Waals surface area contributed by atoms with Crippen LogP contribution in [0.4, 0.5) is 10.5 Å². The second kappa shape index (κ2) is 8.97. The number of nitrogens with one attached hydrogen (secondary N) is 1. The van der Waals surface area contributed by atoms with Crippen LogP contribution < -0.4 is 5.32 Å². The number of carbonyl (C=O) groups is 1. The molecule has 0 unspecified atom stereocenters. The van der Waals surface area contributed by atoms with Crippen molar-refractivity contribution in [2.45, 2.75) is 13.0 Å². The Morgan fingerprint density at radius 3 is 2.54 bits per heavy atom. The molecule has 0 bridgehead atoms. The highest BCUT2D eigenvalue weighted by Crippen LogP contribution is 2.30. The Morgan fingerprint density at radius 2 is 1.96 bits per heavy atom. The molecule has 1 aromatic heterocycles. The molecule has 0 fully saturated rings. The second-order valence-corrected chi connectivity index (χ2v) is 6.22. The van der Waals surface area contributed by atoms with E-state index in [0.29, 0.717) is 35.4 Å². The van der Waals surface area contributed by atoms with Gasteiger partial charge in [0.15, 0.2) is 0 Å². The zero-order chi connectivity index (χ0) is 17.5. The number of hydrogen-bond donors (Lipinski definition) is 1. The van der Waals surface area contributed by atoms with Crippen LogP contribution in [0.25, 0.3) is 0 Å². The Hall–Kier alpha value is -1.69. The van der Waals surface area contributed by atoms with Gasteiger partial charge in [-0.1, -0.05) is 29.3 Å². The van der Waals surface area contributed by atoms with E-state index in [1.54, 1.807) is 30.2 Å². The van der Waals surface area contributed by atoms with Crippen LogP contribution in [0.2, 0.25) is 10.0 Å². The molecule has 2 amide bonds. The second-order valence-electron chi connectivity index (χ2n) is 5.41. The number of nitrogens with zero attached hydrogens (tertiary/aromatic N) is 2. The molecule has 1 N–H and O–H groups in total. The molecule has 130 valence electrons. The van der Waals surface area contributed by atoms with Crippen LogP contribution in [0.3, 0.4) is 0 Å². The summed E-state index contributed by atoms with van der Waals surface area (Å²) in [6, 6.07) is 8.80. The molecule has 0 saturated carbocycles. The van der Waals surface area contributed by atoms with Crippen molar-refractivity contribution in [2.75, 3.05) is 25.6 Å². The number of para-hydroxylation sites is 1. The summed E-state index contributed by atoms with van der Waals surface area (Å²) < 4.78 is 7.07. The Labute approximate surface area is 152 Å². The number of rotatable bonds is 7. The predicted octanol–water partition coefficient (Wildman–Crippen LogP) is 4.40. The zero-order valence-electron chi connectivity index (χ0n) is 13.8. The van der Waals surface area contributed by atoms with Crippen LogP contribution in [0.15, 0.2) is 36.5 Å². The van der Waals surface area contributed by atoms with Gasteiger partial charge < -0.3 is 19.5 Å². The van der Waals surface area contributed by atoms with Gasteiger partial charge in [-0.05, 0) is 30.7 Å². The quantitative estimate of drug-likeness (QED) is 0.735. The van der Waals surface area contributed by atoms with Gasteiger partial charge in [0.1, 0.15) is 0 Å². The molecule has 5 nitrogen and oxygen atoms in total. The molecular weight excluding hydrogens is 349 g/mol. The molecule has 0 atom stereocenters. The van der Waals surface area contributed by atoms with Crippen LogP contribution in [0.1, 0.15) is 12.1 Å². The fraction of sp³-hybridized carbons (Fsp3) is 0.353. The lowest BCUT2D eigenvalue weighted by atomic mass is 10.3. The monoisotopic (exact) mass is 369 g/mol. The fourth-order valence-electron chi connectivity index (χ4n) is 2.31. The van der Waals surface area contributed by atoms with E-state index in [4.69, 9.17) is 27.9 Å². The number of methoxy groups -OCH3 is 1. The van der Waals surface area contributed by atoms with E-state index in [9.17, 15) is 4.79 Å². The highest BCUT2D eigenvalue weighted by atomic mass is 35.5. The number of urea groups is 1. The van der Waals surface area contributed by atoms with E-state index in [1.807, 2.05) is 29.9 Å². The third kappa shape index (κ3) is 4.90. The van der Waals surface area contributed by atoms with E-state index < -0.39 is 0 Å². The molecule has 7 heteroatoms. The summed E-state index contributed by atoms with van der Waals surface area (Å²) in [5.41, 5.74) is 1.46. The Kier molecular flexibility index (Phi) is 6.97. The smallest absolute Gasteiger partial charge is 0.322 e. The van der Waals surface area contributed by atoms with Gasteiger partial charge in [-0.25, -0.2) is 4.79 Å². The summed E-state index contributed by atoms with van der Waals surface area (Å²) in [7, 11) is 3.59. The number of carbonyl (C=O) groups excluding carboxylic acids is 1. The first-order valence-electron chi connectivity index (χ1n) is 7.62. The number of aromatic nitrogens is 1. The summed E-state index contributed by atoms with van der Waals surface area (Å²) in [5, 5.41) is 3.63. The van der Waals surface area contributed by atoms with Crippen molar-refractivity contribution in [1.82, 2.24) is 9.47 Å². The Balaban J connectivity index is 2.12. The number of benzene rings is 1. The molecule has 0 saturated heterocycles. The minimum absolute atomic E-state index is 0.248. The van der Waals surface area contributed by atoms with Crippen LogP contribution in [-0.2, 0) is 18.3 Å². The van der Waals surface area contributed by atoms with E-state index in [-0.39, 0.29) is 6.03 Å². The molecule has 0 aliphatic heterocycles. The summed E-state index contributed by atoms with van der Waals surface area (Å²) in [6.45, 7) is 1.64. The van der Waals surface area contributed by atoms with Gasteiger partial charge in [0.25, 0.3) is 0 Å². The van der Waals surface area contributed by atoms with Gasteiger partial charge in [0.2, 0.25) is 0 Å². The van der Waals surface area contributed by atoms with Crippen molar-refractivity contribution in [3.8, 4) is 0 Å². The SMILES string of the molecule is COCCCN(Cc1cccn1C)C(=O)Nc1c(Cl)cccc1Cl. The maximum Gasteiger partial charge on any atom is 0.322 e. The Morgan fingerprint density at radius 1 is 1.25 bits per heavy atom. The van der Waals surface area contributed by atoms with Crippen LogP contribution in [-0.4, -0.2) is 35.8 Å². The van der Waals surface area contributed by atoms with E-state index in [1.165, 1.54) is 0 Å². The van der Waals surface area contributed by atoms with Gasteiger partial charge in [0, 0.05) is 39.2 Å². The van der Waals surface area contributed by atoms with Gasteiger partial charge >= 0.3 is 6.03 Å². The maximum atomic E-state index is 12.7. The first-order valence-corrected chi connectivity index (χ1v) is 8.37. The minimum Gasteiger partial charge on any atom is -0.385 e. The third-order valence-electron chi connectivity index (χ3n) is 3.66. The van der Waals surface area contributed by atoms with E-state index in [0.717, 1.165) is 12.1 Å². The molecule has 0 radical (unpaired) electrons. The lowest BCUT2D eigenvalue weighted by Gasteiger charge is -2.24. The molecular formula is C17H21Cl2N3O2. The summed E-state index contributed by atoms with van der Waals surface area (Å²) >= 11 is 12.3. The molecule has 0 spiro atoms. The van der Waals surface area contributed by atoms with Gasteiger partial charge in [-0.3, -0.25) is 0 Å². The standard InChI is InChI=1S/C17H21Cl2N3O2/c1-21-9-4-6-13(21)12-22(10-5-11-24-2)17(23)20-16-14(18)7-3-8-15(16)19/h3-4,6-9H,5,10-12H2,1-2H3,(H,20,23). The zero-order valence-corrected chi connectivity index (χ0v) is 15.3. The number of anilines is 1. The maximum absolute atomic E-state index is 12.7. The highest BCUT2D eigenvalue weighted by Gasteiger charge is 2.17. The van der Waals surface area contributed by atoms with Crippen molar-refractivity contribution >= 4 is 34.9 Å². The van der Waals surface area contributed by atoms with Crippen molar-refractivity contribution < 1.29 is 9.53 Å². The first-order chi connectivity index (χ1) is 11.5. The van der Waals surface area contributed by atoms with Crippen LogP contribution >= 0.6 is 23.2 Å². The molecule has 2 aromatic rings. The van der Waals surface area contributed by atoms with Gasteiger partial charge in [-0.2, -0.15) is 0 Å². The van der Waals surface area contributed by atoms with Crippen molar-refractivity contribution in [2.24, 2.45) is 7.05 Å². The van der Waals surface area contributed by atoms with Crippen molar-refractivity contribution in [3.63, 3.8) is 0 Å². The number of amides is 2. The summed E-state index contributed by atoms with van der Waals surface area (Å²) in [5.74, 6) is 0. The number of ether oxygens (including phenoxy) is 1. The molecule has 0 aliphatic carbocycles.